The molecule has 5 nitrogen and oxygen atoms in total. The summed E-state index contributed by atoms with van der Waals surface area (Å²) in [5.41, 5.74) is 1.81. The van der Waals surface area contributed by atoms with Gasteiger partial charge in [-0.25, -0.2) is 4.39 Å². The summed E-state index contributed by atoms with van der Waals surface area (Å²) in [6, 6.07) is 14.1. The quantitative estimate of drug-likeness (QED) is 0.813. The second-order valence-electron chi connectivity index (χ2n) is 6.66. The molecule has 1 aliphatic heterocycles. The zero-order chi connectivity index (χ0) is 19.1. The summed E-state index contributed by atoms with van der Waals surface area (Å²) in [6.45, 7) is 7.10. The number of carbonyl (C=O) groups is 1. The fourth-order valence-corrected chi connectivity index (χ4v) is 3.20. The van der Waals surface area contributed by atoms with E-state index in [0.29, 0.717) is 24.6 Å². The van der Waals surface area contributed by atoms with Gasteiger partial charge in [0.25, 0.3) is 0 Å². The zero-order valence-electron chi connectivity index (χ0n) is 15.7. The first-order valence-corrected chi connectivity index (χ1v) is 9.35. The molecule has 27 heavy (non-hydrogen) atoms. The first kappa shape index (κ1) is 19.3. The number of nitrogens with zero attached hydrogens (tertiary/aromatic N) is 2. The number of nitrogens with one attached hydrogen (secondary N) is 1. The monoisotopic (exact) mass is 371 g/mol. The van der Waals surface area contributed by atoms with Gasteiger partial charge in [-0.3, -0.25) is 14.6 Å². The summed E-state index contributed by atoms with van der Waals surface area (Å²) in [6.07, 6.45) is 0. The predicted molar refractivity (Wildman–Crippen MR) is 104 cm³/mol. The van der Waals surface area contributed by atoms with Crippen molar-refractivity contribution in [3.63, 3.8) is 0 Å². The normalized spacial score (nSPS) is 15.5. The number of anilines is 1. The maximum atomic E-state index is 13.0. The Morgan fingerprint density at radius 1 is 1.04 bits per heavy atom. The standard InChI is InChI=1S/C21H26FN3O2/c1-2-27-20-6-4-3-5-19(20)23-21(26)16-25-13-11-24(12-14-25)15-17-7-9-18(22)10-8-17/h3-10H,2,11-16H2,1H3,(H,23,26). The number of carbonyl (C=O) groups excluding carboxylic acids is 1. The van der Waals surface area contributed by atoms with Crippen molar-refractivity contribution < 1.29 is 13.9 Å². The molecule has 1 aliphatic rings. The molecule has 2 aromatic rings. The van der Waals surface area contributed by atoms with E-state index < -0.39 is 0 Å². The van der Waals surface area contributed by atoms with Gasteiger partial charge in [0.2, 0.25) is 5.91 Å². The van der Waals surface area contributed by atoms with Crippen LogP contribution < -0.4 is 10.1 Å². The van der Waals surface area contributed by atoms with Crippen LogP contribution in [-0.2, 0) is 11.3 Å². The summed E-state index contributed by atoms with van der Waals surface area (Å²) in [7, 11) is 0. The number of hydrogen-bond donors (Lipinski definition) is 1. The van der Waals surface area contributed by atoms with Crippen molar-refractivity contribution in [2.75, 3.05) is 44.6 Å². The Labute approximate surface area is 159 Å². The van der Waals surface area contributed by atoms with E-state index in [9.17, 15) is 9.18 Å². The Morgan fingerprint density at radius 3 is 2.41 bits per heavy atom. The topological polar surface area (TPSA) is 44.8 Å². The highest BCUT2D eigenvalue weighted by molar-refractivity contribution is 5.93. The predicted octanol–water partition coefficient (Wildman–Crippen LogP) is 2.98. The lowest BCUT2D eigenvalue weighted by Gasteiger charge is -2.34. The van der Waals surface area contributed by atoms with E-state index in [1.807, 2.05) is 43.3 Å². The van der Waals surface area contributed by atoms with Gasteiger partial charge >= 0.3 is 0 Å². The third-order valence-electron chi connectivity index (χ3n) is 4.61. The Hall–Kier alpha value is -2.44. The van der Waals surface area contributed by atoms with Gasteiger partial charge in [-0.05, 0) is 36.8 Å². The Bertz CT molecular complexity index is 743. The highest BCUT2D eigenvalue weighted by Crippen LogP contribution is 2.23. The number of rotatable bonds is 7. The average molecular weight is 371 g/mol. The first-order chi connectivity index (χ1) is 13.1. The van der Waals surface area contributed by atoms with Crippen LogP contribution in [0, 0.1) is 5.82 Å². The number of benzene rings is 2. The second-order valence-corrected chi connectivity index (χ2v) is 6.66. The second kappa shape index (κ2) is 9.48. The summed E-state index contributed by atoms with van der Waals surface area (Å²) >= 11 is 0. The molecule has 1 fully saturated rings. The van der Waals surface area contributed by atoms with Crippen molar-refractivity contribution in [2.24, 2.45) is 0 Å². The van der Waals surface area contributed by atoms with Gasteiger partial charge in [0, 0.05) is 32.7 Å². The zero-order valence-corrected chi connectivity index (χ0v) is 15.7. The maximum Gasteiger partial charge on any atom is 0.238 e. The number of para-hydroxylation sites is 2. The highest BCUT2D eigenvalue weighted by atomic mass is 19.1. The number of hydrogen-bond acceptors (Lipinski definition) is 4. The minimum absolute atomic E-state index is 0.0332. The van der Waals surface area contributed by atoms with Crippen LogP contribution in [0.15, 0.2) is 48.5 Å². The van der Waals surface area contributed by atoms with Crippen LogP contribution in [0.2, 0.25) is 0 Å². The number of ether oxygens (including phenoxy) is 1. The molecule has 1 N–H and O–H groups in total. The fraction of sp³-hybridized carbons (Fsp3) is 0.381. The van der Waals surface area contributed by atoms with E-state index in [-0.39, 0.29) is 11.7 Å². The SMILES string of the molecule is CCOc1ccccc1NC(=O)CN1CCN(Cc2ccc(F)cc2)CC1. The Morgan fingerprint density at radius 2 is 1.70 bits per heavy atom. The molecule has 0 saturated carbocycles. The molecule has 0 atom stereocenters. The molecule has 0 spiro atoms. The largest absolute Gasteiger partial charge is 0.492 e. The molecule has 1 heterocycles. The van der Waals surface area contributed by atoms with E-state index >= 15 is 0 Å². The van der Waals surface area contributed by atoms with Gasteiger partial charge in [-0.1, -0.05) is 24.3 Å². The van der Waals surface area contributed by atoms with E-state index in [4.69, 9.17) is 4.74 Å². The molecule has 1 saturated heterocycles. The van der Waals surface area contributed by atoms with Crippen molar-refractivity contribution in [1.82, 2.24) is 9.80 Å². The van der Waals surface area contributed by atoms with Crippen LogP contribution in [0.4, 0.5) is 10.1 Å². The maximum absolute atomic E-state index is 13.0. The highest BCUT2D eigenvalue weighted by Gasteiger charge is 2.19. The molecule has 0 radical (unpaired) electrons. The lowest BCUT2D eigenvalue weighted by Crippen LogP contribution is -2.48. The number of piperazine rings is 1. The molecule has 3 rings (SSSR count). The van der Waals surface area contributed by atoms with Crippen molar-refractivity contribution in [1.29, 1.82) is 0 Å². The molecule has 0 bridgehead atoms. The van der Waals surface area contributed by atoms with E-state index in [0.717, 1.165) is 38.3 Å². The minimum Gasteiger partial charge on any atom is -0.492 e. The summed E-state index contributed by atoms with van der Waals surface area (Å²) in [4.78, 5) is 16.9. The molecule has 0 aliphatic carbocycles. The van der Waals surface area contributed by atoms with Crippen LogP contribution >= 0.6 is 0 Å². The Balaban J connectivity index is 1.45. The number of amides is 1. The van der Waals surface area contributed by atoms with Crippen LogP contribution in [0.3, 0.4) is 0 Å². The van der Waals surface area contributed by atoms with E-state index in [2.05, 4.69) is 15.1 Å². The van der Waals surface area contributed by atoms with Crippen molar-refractivity contribution >= 4 is 11.6 Å². The van der Waals surface area contributed by atoms with Crippen molar-refractivity contribution in [2.45, 2.75) is 13.5 Å². The molecule has 0 unspecified atom stereocenters. The third kappa shape index (κ3) is 5.77. The van der Waals surface area contributed by atoms with Crippen LogP contribution in [0.25, 0.3) is 0 Å². The van der Waals surface area contributed by atoms with Gasteiger partial charge in [-0.15, -0.1) is 0 Å². The first-order valence-electron chi connectivity index (χ1n) is 9.35. The smallest absolute Gasteiger partial charge is 0.238 e. The van der Waals surface area contributed by atoms with Gasteiger partial charge in [0.05, 0.1) is 18.8 Å². The summed E-state index contributed by atoms with van der Waals surface area (Å²) in [5, 5.41) is 2.94. The molecule has 144 valence electrons. The summed E-state index contributed by atoms with van der Waals surface area (Å²) in [5.74, 6) is 0.451. The molecule has 6 heteroatoms. The minimum atomic E-state index is -0.208. The van der Waals surface area contributed by atoms with Crippen LogP contribution in [-0.4, -0.2) is 55.0 Å². The van der Waals surface area contributed by atoms with Gasteiger partial charge < -0.3 is 10.1 Å². The fourth-order valence-electron chi connectivity index (χ4n) is 3.20. The lowest BCUT2D eigenvalue weighted by atomic mass is 10.2. The van der Waals surface area contributed by atoms with Crippen LogP contribution in [0.5, 0.6) is 5.75 Å². The third-order valence-corrected chi connectivity index (χ3v) is 4.61. The van der Waals surface area contributed by atoms with Crippen LogP contribution in [0.1, 0.15) is 12.5 Å². The number of halogens is 1. The van der Waals surface area contributed by atoms with Gasteiger partial charge in [0.1, 0.15) is 11.6 Å². The molecule has 0 aromatic heterocycles. The Kier molecular flexibility index (Phi) is 6.79. The summed E-state index contributed by atoms with van der Waals surface area (Å²) < 4.78 is 18.5. The molecular formula is C21H26FN3O2. The molecule has 1 amide bonds. The molecular weight excluding hydrogens is 345 g/mol. The lowest BCUT2D eigenvalue weighted by molar-refractivity contribution is -0.117. The van der Waals surface area contributed by atoms with E-state index in [1.54, 1.807) is 0 Å². The average Bonchev–Trinajstić information content (AvgIpc) is 2.67. The van der Waals surface area contributed by atoms with Crippen molar-refractivity contribution in [3.8, 4) is 5.75 Å². The van der Waals surface area contributed by atoms with Crippen molar-refractivity contribution in [3.05, 3.63) is 59.9 Å². The van der Waals surface area contributed by atoms with Gasteiger partial charge in [-0.2, -0.15) is 0 Å². The van der Waals surface area contributed by atoms with E-state index in [1.165, 1.54) is 12.1 Å². The molecule has 2 aromatic carbocycles. The van der Waals surface area contributed by atoms with Gasteiger partial charge in [0.15, 0.2) is 0 Å².